The van der Waals surface area contributed by atoms with E-state index in [4.69, 9.17) is 9.47 Å². The molecule has 1 rings (SSSR count). The quantitative estimate of drug-likeness (QED) is 0.312. The Balaban J connectivity index is 2.60. The summed E-state index contributed by atoms with van der Waals surface area (Å²) in [6.07, 6.45) is -4.32. The number of hydrogen-bond donors (Lipinski definition) is 2. The van der Waals surface area contributed by atoms with Crippen LogP contribution in [-0.4, -0.2) is 45.0 Å². The molecular formula is C20H32F3N3O2. The molecule has 8 heteroatoms. The second kappa shape index (κ2) is 13.3. The number of nitrogens with zero attached hydrogens (tertiary/aromatic N) is 1. The predicted molar refractivity (Wildman–Crippen MR) is 106 cm³/mol. The molecule has 1 aromatic rings. The standard InChI is InChI=1S/C20H32F3N3O2/c1-4-24-19(25-11-7-6-10-20(21,22)23)26-15-17-9-8-16(3)14-18(17)28-13-12-27-5-2/h8-9,14H,4-7,10-13,15H2,1-3H3,(H2,24,25,26). The van der Waals surface area contributed by atoms with Crippen LogP contribution >= 0.6 is 0 Å². The highest BCUT2D eigenvalue weighted by atomic mass is 19.4. The number of aliphatic imine (C=N–C) groups is 1. The first-order valence-electron chi connectivity index (χ1n) is 9.74. The number of halogens is 3. The Bertz CT molecular complexity index is 593. The van der Waals surface area contributed by atoms with Crippen molar-refractivity contribution in [1.82, 2.24) is 10.6 Å². The summed E-state index contributed by atoms with van der Waals surface area (Å²) in [6.45, 7) is 9.01. The lowest BCUT2D eigenvalue weighted by atomic mass is 10.1. The minimum Gasteiger partial charge on any atom is -0.491 e. The lowest BCUT2D eigenvalue weighted by Gasteiger charge is -2.14. The Kier molecular flexibility index (Phi) is 11.4. The molecule has 5 nitrogen and oxygen atoms in total. The first-order chi connectivity index (χ1) is 13.4. The number of rotatable bonds is 12. The summed E-state index contributed by atoms with van der Waals surface area (Å²) >= 11 is 0. The van der Waals surface area contributed by atoms with Crippen molar-refractivity contribution < 1.29 is 22.6 Å². The Hall–Kier alpha value is -1.96. The van der Waals surface area contributed by atoms with Gasteiger partial charge >= 0.3 is 6.18 Å². The van der Waals surface area contributed by atoms with Crippen LogP contribution in [0.3, 0.4) is 0 Å². The van der Waals surface area contributed by atoms with E-state index in [-0.39, 0.29) is 6.42 Å². The lowest BCUT2D eigenvalue weighted by molar-refractivity contribution is -0.135. The van der Waals surface area contributed by atoms with Gasteiger partial charge in [0.2, 0.25) is 0 Å². The number of nitrogens with one attached hydrogen (secondary N) is 2. The Morgan fingerprint density at radius 1 is 1.11 bits per heavy atom. The van der Waals surface area contributed by atoms with Crippen molar-refractivity contribution in [2.75, 3.05) is 32.9 Å². The minimum absolute atomic E-state index is 0.103. The van der Waals surface area contributed by atoms with E-state index in [0.717, 1.165) is 16.9 Å². The molecule has 0 aromatic heterocycles. The van der Waals surface area contributed by atoms with Gasteiger partial charge in [0.25, 0.3) is 0 Å². The molecule has 0 aliphatic rings. The Labute approximate surface area is 165 Å². The number of hydrogen-bond acceptors (Lipinski definition) is 3. The molecule has 0 bridgehead atoms. The number of alkyl halides is 3. The van der Waals surface area contributed by atoms with E-state index >= 15 is 0 Å². The van der Waals surface area contributed by atoms with Gasteiger partial charge in [0.15, 0.2) is 5.96 Å². The van der Waals surface area contributed by atoms with Gasteiger partial charge in [-0.15, -0.1) is 0 Å². The summed E-state index contributed by atoms with van der Waals surface area (Å²) in [5.74, 6) is 1.35. The van der Waals surface area contributed by atoms with E-state index in [1.807, 2.05) is 39.0 Å². The first kappa shape index (κ1) is 24.1. The molecule has 2 N–H and O–H groups in total. The lowest BCUT2D eigenvalue weighted by Crippen LogP contribution is -2.37. The zero-order chi connectivity index (χ0) is 20.8. The zero-order valence-electron chi connectivity index (χ0n) is 17.0. The predicted octanol–water partition coefficient (Wildman–Crippen LogP) is 4.20. The number of guanidine groups is 1. The van der Waals surface area contributed by atoms with Gasteiger partial charge < -0.3 is 20.1 Å². The maximum atomic E-state index is 12.2. The molecular weight excluding hydrogens is 371 g/mol. The van der Waals surface area contributed by atoms with Crippen molar-refractivity contribution >= 4 is 5.96 Å². The van der Waals surface area contributed by atoms with Crippen LogP contribution in [0.1, 0.15) is 44.2 Å². The fourth-order valence-corrected chi connectivity index (χ4v) is 2.44. The smallest absolute Gasteiger partial charge is 0.389 e. The van der Waals surface area contributed by atoms with Crippen molar-refractivity contribution in [3.8, 4) is 5.75 Å². The molecule has 0 unspecified atom stereocenters. The average Bonchev–Trinajstić information content (AvgIpc) is 2.63. The van der Waals surface area contributed by atoms with E-state index < -0.39 is 12.6 Å². The average molecular weight is 403 g/mol. The molecule has 160 valence electrons. The third-order valence-electron chi connectivity index (χ3n) is 3.84. The molecule has 0 aliphatic carbocycles. The minimum atomic E-state index is -4.09. The Morgan fingerprint density at radius 2 is 1.89 bits per heavy atom. The molecule has 0 saturated carbocycles. The van der Waals surface area contributed by atoms with Gasteiger partial charge in [-0.25, -0.2) is 4.99 Å². The molecule has 1 aromatic carbocycles. The molecule has 0 aliphatic heterocycles. The van der Waals surface area contributed by atoms with E-state index in [2.05, 4.69) is 15.6 Å². The molecule has 0 radical (unpaired) electrons. The summed E-state index contributed by atoms with van der Waals surface area (Å²) in [5.41, 5.74) is 2.03. The number of ether oxygens (including phenoxy) is 2. The van der Waals surface area contributed by atoms with Crippen LogP contribution in [-0.2, 0) is 11.3 Å². The largest absolute Gasteiger partial charge is 0.491 e. The number of unbranched alkanes of at least 4 members (excludes halogenated alkanes) is 1. The van der Waals surface area contributed by atoms with Gasteiger partial charge in [0.1, 0.15) is 12.4 Å². The van der Waals surface area contributed by atoms with Crippen molar-refractivity contribution in [2.24, 2.45) is 4.99 Å². The molecule has 0 amide bonds. The molecule has 0 fully saturated rings. The monoisotopic (exact) mass is 403 g/mol. The fraction of sp³-hybridized carbons (Fsp3) is 0.650. The van der Waals surface area contributed by atoms with Crippen LogP contribution in [0.25, 0.3) is 0 Å². The maximum Gasteiger partial charge on any atom is 0.389 e. The first-order valence-corrected chi connectivity index (χ1v) is 9.74. The van der Waals surface area contributed by atoms with E-state index in [1.165, 1.54) is 0 Å². The molecule has 0 spiro atoms. The van der Waals surface area contributed by atoms with E-state index in [1.54, 1.807) is 0 Å². The molecule has 28 heavy (non-hydrogen) atoms. The van der Waals surface area contributed by atoms with Gasteiger partial charge in [-0.1, -0.05) is 12.1 Å². The van der Waals surface area contributed by atoms with Crippen molar-refractivity contribution in [3.63, 3.8) is 0 Å². The summed E-state index contributed by atoms with van der Waals surface area (Å²) in [7, 11) is 0. The number of benzene rings is 1. The Morgan fingerprint density at radius 3 is 2.57 bits per heavy atom. The van der Waals surface area contributed by atoms with Gasteiger partial charge in [-0.05, 0) is 45.2 Å². The second-order valence-electron chi connectivity index (χ2n) is 6.35. The van der Waals surface area contributed by atoms with Gasteiger partial charge in [0.05, 0.1) is 13.2 Å². The van der Waals surface area contributed by atoms with Crippen LogP contribution in [0.2, 0.25) is 0 Å². The molecule has 0 heterocycles. The third kappa shape index (κ3) is 11.0. The summed E-state index contributed by atoms with van der Waals surface area (Å²) in [5, 5.41) is 6.19. The van der Waals surface area contributed by atoms with Crippen molar-refractivity contribution in [2.45, 2.75) is 52.8 Å². The van der Waals surface area contributed by atoms with Gasteiger partial charge in [0, 0.05) is 31.7 Å². The summed E-state index contributed by atoms with van der Waals surface area (Å²) in [4.78, 5) is 4.53. The molecule has 0 saturated heterocycles. The van der Waals surface area contributed by atoms with Crippen LogP contribution < -0.4 is 15.4 Å². The van der Waals surface area contributed by atoms with Crippen molar-refractivity contribution in [3.05, 3.63) is 29.3 Å². The molecule has 0 atom stereocenters. The van der Waals surface area contributed by atoms with Gasteiger partial charge in [-0.2, -0.15) is 13.2 Å². The summed E-state index contributed by atoms with van der Waals surface area (Å²) < 4.78 is 47.7. The van der Waals surface area contributed by atoms with Crippen LogP contribution in [0.4, 0.5) is 13.2 Å². The van der Waals surface area contributed by atoms with Crippen LogP contribution in [0, 0.1) is 6.92 Å². The fourth-order valence-electron chi connectivity index (χ4n) is 2.44. The highest BCUT2D eigenvalue weighted by Crippen LogP contribution is 2.22. The van der Waals surface area contributed by atoms with E-state index in [9.17, 15) is 13.2 Å². The SMILES string of the molecule is CCNC(=NCc1ccc(C)cc1OCCOCC)NCCCCC(F)(F)F. The summed E-state index contributed by atoms with van der Waals surface area (Å²) in [6, 6.07) is 5.94. The highest BCUT2D eigenvalue weighted by molar-refractivity contribution is 5.79. The van der Waals surface area contributed by atoms with Crippen molar-refractivity contribution in [1.29, 1.82) is 0 Å². The second-order valence-corrected chi connectivity index (χ2v) is 6.35. The van der Waals surface area contributed by atoms with Crippen LogP contribution in [0.15, 0.2) is 23.2 Å². The number of aryl methyl sites for hydroxylation is 1. The third-order valence-corrected chi connectivity index (χ3v) is 3.84. The topological polar surface area (TPSA) is 54.9 Å². The highest BCUT2D eigenvalue weighted by Gasteiger charge is 2.25. The van der Waals surface area contributed by atoms with Crippen LogP contribution in [0.5, 0.6) is 5.75 Å². The zero-order valence-corrected chi connectivity index (χ0v) is 17.0. The van der Waals surface area contributed by atoms with Gasteiger partial charge in [-0.3, -0.25) is 0 Å². The maximum absolute atomic E-state index is 12.2. The van der Waals surface area contributed by atoms with E-state index in [0.29, 0.717) is 51.8 Å². The normalized spacial score (nSPS) is 12.1.